The molecule has 0 bridgehead atoms. The number of hydrogen-bond donors (Lipinski definition) is 1. The molecule has 0 spiro atoms. The van der Waals surface area contributed by atoms with E-state index in [2.05, 4.69) is 20.1 Å². The number of rotatable bonds is 16. The zero-order chi connectivity index (χ0) is 17.6. The van der Waals surface area contributed by atoms with E-state index in [1.807, 2.05) is 12.2 Å². The summed E-state index contributed by atoms with van der Waals surface area (Å²) in [7, 11) is 0. The zero-order valence-electron chi connectivity index (χ0n) is 15.3. The Bertz CT molecular complexity index is 226. The molecular weight excluding hydrogens is 324 g/mol. The van der Waals surface area contributed by atoms with Crippen molar-refractivity contribution in [3.63, 3.8) is 0 Å². The number of hydrogen-bond acceptors (Lipinski definition) is 1. The molecule has 0 saturated heterocycles. The Morgan fingerprint density at radius 2 is 1.30 bits per heavy atom. The van der Waals surface area contributed by atoms with Crippen molar-refractivity contribution in [1.82, 2.24) is 0 Å². The smallest absolute Gasteiger partial charge is 0.124 e. The van der Waals surface area contributed by atoms with Crippen LogP contribution in [0.4, 0.5) is 0 Å². The monoisotopic (exact) mass is 363 g/mol. The van der Waals surface area contributed by atoms with Crippen LogP contribution in [0.2, 0.25) is 0 Å². The molecule has 1 N–H and O–H groups in total. The lowest BCUT2D eigenvalue weighted by Gasteiger charge is -2.05. The van der Waals surface area contributed by atoms with Crippen molar-refractivity contribution in [1.29, 1.82) is 0 Å². The van der Waals surface area contributed by atoms with E-state index < -0.39 is 0 Å². The van der Waals surface area contributed by atoms with Crippen LogP contribution in [0.1, 0.15) is 77.6 Å². The summed E-state index contributed by atoms with van der Waals surface area (Å²) in [6.07, 6.45) is 17.9. The van der Waals surface area contributed by atoms with E-state index in [1.54, 1.807) is 0 Å². The molecule has 0 heterocycles. The highest BCUT2D eigenvalue weighted by molar-refractivity contribution is 7.78. The molecule has 0 amide bonds. The maximum atomic E-state index is 9.25. The van der Waals surface area contributed by atoms with Crippen LogP contribution in [0.25, 0.3) is 0 Å². The Kier molecular flexibility index (Phi) is 26.8. The Labute approximate surface area is 155 Å². The zero-order valence-corrected chi connectivity index (χ0v) is 17.0. The van der Waals surface area contributed by atoms with Gasteiger partial charge in [0.25, 0.3) is 0 Å². The molecule has 0 aromatic carbocycles. The summed E-state index contributed by atoms with van der Waals surface area (Å²) in [6.45, 7) is 9.44. The van der Waals surface area contributed by atoms with E-state index in [4.69, 9.17) is 11.6 Å². The van der Waals surface area contributed by atoms with Gasteiger partial charge in [-0.15, -0.1) is 11.6 Å². The standard InChI is InChI=1S/C14H29ClO.C6H10S/c1-2-3-4-5-6-7-8-9-10-11-12-14(16)13-15;1-3-5-7-6-4-2/h14,16H,2-13H2,1H3;3-4H,1-2,5-6H2/p+1. The first-order valence-corrected chi connectivity index (χ1v) is 11.1. The Morgan fingerprint density at radius 3 is 1.70 bits per heavy atom. The highest BCUT2D eigenvalue weighted by atomic mass is 35.5. The van der Waals surface area contributed by atoms with Crippen LogP contribution >= 0.6 is 11.6 Å². The molecule has 0 fully saturated rings. The number of unbranched alkanes of at least 4 members (excludes halogenated alkanes) is 9. The first kappa shape index (κ1) is 25.3. The summed E-state index contributed by atoms with van der Waals surface area (Å²) < 4.78 is 0. The quantitative estimate of drug-likeness (QED) is 0.116. The minimum atomic E-state index is -0.282. The molecule has 0 aromatic rings. The fourth-order valence-electron chi connectivity index (χ4n) is 2.20. The predicted molar refractivity (Wildman–Crippen MR) is 112 cm³/mol. The van der Waals surface area contributed by atoms with Gasteiger partial charge in [0.05, 0.1) is 6.10 Å². The van der Waals surface area contributed by atoms with Gasteiger partial charge >= 0.3 is 0 Å². The van der Waals surface area contributed by atoms with Crippen molar-refractivity contribution < 1.29 is 5.11 Å². The third-order valence-electron chi connectivity index (χ3n) is 3.59. The minimum absolute atomic E-state index is 0.282. The summed E-state index contributed by atoms with van der Waals surface area (Å²) in [5, 5.41) is 9.25. The van der Waals surface area contributed by atoms with Crippen LogP contribution in [0.3, 0.4) is 0 Å². The van der Waals surface area contributed by atoms with Gasteiger partial charge in [-0.25, -0.2) is 0 Å². The van der Waals surface area contributed by atoms with Crippen molar-refractivity contribution in [3.8, 4) is 0 Å². The van der Waals surface area contributed by atoms with Crippen molar-refractivity contribution in [2.24, 2.45) is 0 Å². The number of alkyl halides is 1. The van der Waals surface area contributed by atoms with Gasteiger partial charge in [0.2, 0.25) is 0 Å². The minimum Gasteiger partial charge on any atom is -0.392 e. The Morgan fingerprint density at radius 1 is 0.870 bits per heavy atom. The van der Waals surface area contributed by atoms with Crippen molar-refractivity contribution in [3.05, 3.63) is 25.3 Å². The molecule has 1 nitrogen and oxygen atoms in total. The molecule has 0 aromatic heterocycles. The van der Waals surface area contributed by atoms with Gasteiger partial charge < -0.3 is 5.11 Å². The second-order valence-electron chi connectivity index (χ2n) is 5.94. The van der Waals surface area contributed by atoms with E-state index in [1.165, 1.54) is 69.5 Å². The van der Waals surface area contributed by atoms with E-state index in [0.29, 0.717) is 5.88 Å². The molecule has 0 radical (unpaired) electrons. The SMILES string of the molecule is C=CC[SH+]CC=C.CCCCCCCCCCCCC(O)CCl. The molecule has 1 atom stereocenters. The normalized spacial score (nSPS) is 11.4. The third kappa shape index (κ3) is 27.2. The molecule has 0 aliphatic carbocycles. The van der Waals surface area contributed by atoms with Crippen LogP contribution in [0, 0.1) is 0 Å². The van der Waals surface area contributed by atoms with Gasteiger partial charge in [-0.1, -0.05) is 84.3 Å². The predicted octanol–water partition coefficient (Wildman–Crippen LogP) is 6.07. The van der Waals surface area contributed by atoms with Crippen LogP contribution in [-0.4, -0.2) is 28.6 Å². The fourth-order valence-corrected chi connectivity index (χ4v) is 2.87. The molecule has 0 aliphatic heterocycles. The van der Waals surface area contributed by atoms with Crippen molar-refractivity contribution >= 4 is 23.4 Å². The maximum Gasteiger partial charge on any atom is 0.124 e. The first-order valence-electron chi connectivity index (χ1n) is 9.31. The lowest BCUT2D eigenvalue weighted by molar-refractivity contribution is 0.183. The fraction of sp³-hybridized carbons (Fsp3) is 0.800. The maximum absolute atomic E-state index is 9.25. The Balaban J connectivity index is 0. The van der Waals surface area contributed by atoms with E-state index >= 15 is 0 Å². The van der Waals surface area contributed by atoms with Gasteiger partial charge in [-0.2, -0.15) is 0 Å². The lowest BCUT2D eigenvalue weighted by atomic mass is 10.1. The second kappa shape index (κ2) is 24.3. The van der Waals surface area contributed by atoms with Crippen LogP contribution < -0.4 is 0 Å². The van der Waals surface area contributed by atoms with E-state index in [0.717, 1.165) is 24.3 Å². The lowest BCUT2D eigenvalue weighted by Crippen LogP contribution is -2.07. The molecule has 0 aliphatic rings. The molecule has 1 unspecified atom stereocenters. The molecule has 23 heavy (non-hydrogen) atoms. The van der Waals surface area contributed by atoms with E-state index in [-0.39, 0.29) is 6.10 Å². The molecule has 138 valence electrons. The third-order valence-corrected chi connectivity index (χ3v) is 4.97. The molecule has 0 saturated carbocycles. The van der Waals surface area contributed by atoms with Crippen LogP contribution in [0.15, 0.2) is 25.3 Å². The molecule has 0 rings (SSSR count). The number of thiol groups is 1. The van der Waals surface area contributed by atoms with Crippen molar-refractivity contribution in [2.45, 2.75) is 83.7 Å². The van der Waals surface area contributed by atoms with Gasteiger partial charge in [0.1, 0.15) is 11.5 Å². The highest BCUT2D eigenvalue weighted by Gasteiger charge is 2.00. The van der Waals surface area contributed by atoms with Crippen LogP contribution in [0.5, 0.6) is 0 Å². The van der Waals surface area contributed by atoms with Crippen molar-refractivity contribution in [2.75, 3.05) is 17.4 Å². The average molecular weight is 364 g/mol. The summed E-state index contributed by atoms with van der Waals surface area (Å²) in [4.78, 5) is 0. The topological polar surface area (TPSA) is 20.2 Å². The van der Waals surface area contributed by atoms with Gasteiger partial charge in [0.15, 0.2) is 0 Å². The number of halogens is 1. The largest absolute Gasteiger partial charge is 0.392 e. The summed E-state index contributed by atoms with van der Waals surface area (Å²) >= 11 is 6.93. The van der Waals surface area contributed by atoms with E-state index in [9.17, 15) is 5.11 Å². The van der Waals surface area contributed by atoms with Crippen LogP contribution in [-0.2, 0) is 11.8 Å². The van der Waals surface area contributed by atoms with Gasteiger partial charge in [-0.3, -0.25) is 0 Å². The first-order chi connectivity index (χ1) is 11.2. The summed E-state index contributed by atoms with van der Waals surface area (Å²) in [6, 6.07) is 0. The molecule has 3 heteroatoms. The highest BCUT2D eigenvalue weighted by Crippen LogP contribution is 2.12. The Hall–Kier alpha value is 0.0800. The molecular formula is C20H40ClOS+. The summed E-state index contributed by atoms with van der Waals surface area (Å²) in [5.74, 6) is 2.56. The van der Waals surface area contributed by atoms with Gasteiger partial charge in [0, 0.05) is 5.88 Å². The second-order valence-corrected chi connectivity index (χ2v) is 7.43. The van der Waals surface area contributed by atoms with Gasteiger partial charge in [-0.05, 0) is 30.3 Å². The number of aliphatic hydroxyl groups excluding tert-OH is 1. The average Bonchev–Trinajstić information content (AvgIpc) is 2.57. The number of aliphatic hydroxyl groups is 1. The summed E-state index contributed by atoms with van der Waals surface area (Å²) in [5.41, 5.74) is 0.